The average molecular weight is 450 g/mol. The van der Waals surface area contributed by atoms with Gasteiger partial charge in [-0.1, -0.05) is 12.1 Å². The van der Waals surface area contributed by atoms with Crippen LogP contribution in [0.15, 0.2) is 10.6 Å². The number of amides is 2. The zero-order valence-electron chi connectivity index (χ0n) is 17.2. The predicted octanol–water partition coefficient (Wildman–Crippen LogP) is 1.94. The Hall–Kier alpha value is -1.35. The van der Waals surface area contributed by atoms with E-state index in [4.69, 9.17) is 4.52 Å². The molecule has 2 aliphatic heterocycles. The number of rotatable bonds is 6. The third kappa shape index (κ3) is 7.77. The van der Waals surface area contributed by atoms with Gasteiger partial charge in [-0.2, -0.15) is 0 Å². The first-order valence-corrected chi connectivity index (χ1v) is 9.95. The number of anilines is 1. The van der Waals surface area contributed by atoms with Crippen molar-refractivity contribution >= 4 is 42.4 Å². The fourth-order valence-corrected chi connectivity index (χ4v) is 3.95. The topological polar surface area (TPSA) is 90.7 Å². The Kier molecular flexibility index (Phi) is 11.0. The molecule has 10 heteroatoms. The number of carbonyl (C=O) groups excluding carboxylic acids is 2. The lowest BCUT2D eigenvalue weighted by molar-refractivity contribution is -0.134. The van der Waals surface area contributed by atoms with E-state index in [0.29, 0.717) is 49.5 Å². The summed E-state index contributed by atoms with van der Waals surface area (Å²) in [5, 5.41) is 9.88. The second kappa shape index (κ2) is 12.4. The van der Waals surface area contributed by atoms with Gasteiger partial charge in [-0.05, 0) is 44.7 Å². The lowest BCUT2D eigenvalue weighted by atomic mass is 9.84. The lowest BCUT2D eigenvalue weighted by Crippen LogP contribution is -2.50. The van der Waals surface area contributed by atoms with Gasteiger partial charge in [0.15, 0.2) is 5.82 Å². The molecule has 2 N–H and O–H groups in total. The van der Waals surface area contributed by atoms with Crippen LogP contribution in [0.3, 0.4) is 0 Å². The number of aromatic nitrogens is 1. The summed E-state index contributed by atoms with van der Waals surface area (Å²) in [4.78, 5) is 28.7. The number of nitrogens with zero attached hydrogens (tertiary/aromatic N) is 3. The predicted molar refractivity (Wildman–Crippen MR) is 117 cm³/mol. The molecule has 2 aliphatic rings. The van der Waals surface area contributed by atoms with Gasteiger partial charge in [-0.25, -0.2) is 0 Å². The second-order valence-electron chi connectivity index (χ2n) is 7.80. The van der Waals surface area contributed by atoms with E-state index in [2.05, 4.69) is 27.6 Å². The van der Waals surface area contributed by atoms with Gasteiger partial charge in [0.25, 0.3) is 0 Å². The summed E-state index contributed by atoms with van der Waals surface area (Å²) in [5.74, 6) is 2.34. The molecule has 2 amide bonds. The van der Waals surface area contributed by atoms with Crippen LogP contribution >= 0.6 is 24.8 Å². The molecule has 0 bridgehead atoms. The fraction of sp³-hybridized carbons (Fsp3) is 0.737. The van der Waals surface area contributed by atoms with Crippen LogP contribution in [0, 0.1) is 18.8 Å². The van der Waals surface area contributed by atoms with Gasteiger partial charge in [0.05, 0.1) is 6.54 Å². The summed E-state index contributed by atoms with van der Waals surface area (Å²) in [6, 6.07) is 1.69. The molecule has 1 atom stereocenters. The van der Waals surface area contributed by atoms with Crippen LogP contribution in [-0.4, -0.2) is 72.6 Å². The average Bonchev–Trinajstić information content (AvgIpc) is 3.07. The third-order valence-corrected chi connectivity index (χ3v) is 5.67. The molecule has 3 rings (SSSR count). The maximum atomic E-state index is 12.6. The molecule has 1 aromatic heterocycles. The molecule has 1 aromatic rings. The summed E-state index contributed by atoms with van der Waals surface area (Å²) in [7, 11) is 0. The summed E-state index contributed by atoms with van der Waals surface area (Å²) in [6.07, 6.45) is 2.97. The first kappa shape index (κ1) is 25.7. The Morgan fingerprint density at radius 1 is 1.24 bits per heavy atom. The second-order valence-corrected chi connectivity index (χ2v) is 7.80. The maximum Gasteiger partial charge on any atom is 0.239 e. The van der Waals surface area contributed by atoms with Crippen molar-refractivity contribution in [2.45, 2.75) is 33.1 Å². The van der Waals surface area contributed by atoms with Crippen molar-refractivity contribution in [1.29, 1.82) is 0 Å². The molecule has 2 fully saturated rings. The highest BCUT2D eigenvalue weighted by Crippen LogP contribution is 2.25. The number of piperazine rings is 1. The van der Waals surface area contributed by atoms with Gasteiger partial charge in [0, 0.05) is 38.7 Å². The number of nitrogens with one attached hydrogen (secondary N) is 2. The van der Waals surface area contributed by atoms with Crippen LogP contribution in [0.25, 0.3) is 0 Å². The van der Waals surface area contributed by atoms with Crippen molar-refractivity contribution in [1.82, 2.24) is 20.3 Å². The Morgan fingerprint density at radius 2 is 1.90 bits per heavy atom. The van der Waals surface area contributed by atoms with Gasteiger partial charge in [-0.15, -0.1) is 24.8 Å². The fourth-order valence-electron chi connectivity index (χ4n) is 3.95. The molecule has 0 aromatic carbocycles. The standard InChI is InChI=1S/C19H31N5O3.2ClH/c1-14(16-3-5-20-6-4-16)11-19(26)24-9-7-23(8-10-24)13-18(25)21-17-12-15(2)27-22-17;;/h12,14,16,20H,3-11,13H2,1-2H3,(H,21,22,25);2*1H. The Bertz CT molecular complexity index is 644. The van der Waals surface area contributed by atoms with Crippen LogP contribution in [-0.2, 0) is 9.59 Å². The minimum Gasteiger partial charge on any atom is -0.360 e. The van der Waals surface area contributed by atoms with E-state index in [1.165, 1.54) is 12.8 Å². The minimum absolute atomic E-state index is 0. The summed E-state index contributed by atoms with van der Waals surface area (Å²) >= 11 is 0. The zero-order valence-corrected chi connectivity index (χ0v) is 18.8. The smallest absolute Gasteiger partial charge is 0.239 e. The number of carbonyl (C=O) groups is 2. The summed E-state index contributed by atoms with van der Waals surface area (Å²) < 4.78 is 4.95. The highest BCUT2D eigenvalue weighted by molar-refractivity contribution is 5.91. The Labute approximate surface area is 184 Å². The largest absolute Gasteiger partial charge is 0.360 e. The van der Waals surface area contributed by atoms with Crippen molar-refractivity contribution in [2.75, 3.05) is 51.1 Å². The van der Waals surface area contributed by atoms with E-state index in [9.17, 15) is 9.59 Å². The monoisotopic (exact) mass is 449 g/mol. The number of aryl methyl sites for hydroxylation is 1. The van der Waals surface area contributed by atoms with E-state index < -0.39 is 0 Å². The van der Waals surface area contributed by atoms with E-state index in [-0.39, 0.29) is 36.6 Å². The highest BCUT2D eigenvalue weighted by atomic mass is 35.5. The molecular weight excluding hydrogens is 417 g/mol. The molecule has 0 aliphatic carbocycles. The van der Waals surface area contributed by atoms with Crippen molar-refractivity contribution in [3.8, 4) is 0 Å². The molecule has 3 heterocycles. The first-order chi connectivity index (χ1) is 13.0. The molecule has 2 saturated heterocycles. The van der Waals surface area contributed by atoms with Crippen molar-refractivity contribution in [3.63, 3.8) is 0 Å². The van der Waals surface area contributed by atoms with E-state index >= 15 is 0 Å². The molecule has 1 unspecified atom stereocenters. The molecule has 166 valence electrons. The normalized spacial score (nSPS) is 19.0. The zero-order chi connectivity index (χ0) is 19.2. The molecule has 0 radical (unpaired) electrons. The quantitative estimate of drug-likeness (QED) is 0.689. The van der Waals surface area contributed by atoms with Gasteiger partial charge in [-0.3, -0.25) is 14.5 Å². The van der Waals surface area contributed by atoms with Crippen LogP contribution in [0.5, 0.6) is 0 Å². The van der Waals surface area contributed by atoms with Crippen molar-refractivity contribution < 1.29 is 14.1 Å². The Balaban J connectivity index is 0.00000210. The van der Waals surface area contributed by atoms with Crippen LogP contribution in [0.4, 0.5) is 5.82 Å². The van der Waals surface area contributed by atoms with Gasteiger partial charge in [0.1, 0.15) is 5.76 Å². The molecule has 0 saturated carbocycles. The van der Waals surface area contributed by atoms with Crippen LogP contribution in [0.1, 0.15) is 31.9 Å². The molecule has 29 heavy (non-hydrogen) atoms. The SMILES string of the molecule is Cc1cc(NC(=O)CN2CCN(C(=O)CC(C)C3CCNCC3)CC2)no1.Cl.Cl. The van der Waals surface area contributed by atoms with Gasteiger partial charge >= 0.3 is 0 Å². The van der Waals surface area contributed by atoms with Gasteiger partial charge < -0.3 is 20.1 Å². The Morgan fingerprint density at radius 3 is 2.48 bits per heavy atom. The van der Waals surface area contributed by atoms with Gasteiger partial charge in [0.2, 0.25) is 11.8 Å². The van der Waals surface area contributed by atoms with Crippen LogP contribution in [0.2, 0.25) is 0 Å². The number of halogens is 2. The first-order valence-electron chi connectivity index (χ1n) is 9.95. The highest BCUT2D eigenvalue weighted by Gasteiger charge is 2.27. The minimum atomic E-state index is -0.109. The molecule has 8 nitrogen and oxygen atoms in total. The van der Waals surface area contributed by atoms with E-state index in [1.807, 2.05) is 4.90 Å². The summed E-state index contributed by atoms with van der Waals surface area (Å²) in [5.41, 5.74) is 0. The van der Waals surface area contributed by atoms with Crippen LogP contribution < -0.4 is 10.6 Å². The number of hydrogen-bond donors (Lipinski definition) is 2. The molecular formula is C19H33Cl2N5O3. The van der Waals surface area contributed by atoms with Crippen molar-refractivity contribution in [2.24, 2.45) is 11.8 Å². The van der Waals surface area contributed by atoms with Crippen molar-refractivity contribution in [3.05, 3.63) is 11.8 Å². The van der Waals surface area contributed by atoms with E-state index in [1.54, 1.807) is 13.0 Å². The van der Waals surface area contributed by atoms with E-state index in [0.717, 1.165) is 26.2 Å². The third-order valence-electron chi connectivity index (χ3n) is 5.67. The number of piperidine rings is 1. The number of hydrogen-bond acceptors (Lipinski definition) is 6. The summed E-state index contributed by atoms with van der Waals surface area (Å²) in [6.45, 7) is 9.25. The molecule has 0 spiro atoms. The lowest BCUT2D eigenvalue weighted by Gasteiger charge is -2.35. The maximum absolute atomic E-state index is 12.6.